The van der Waals surface area contributed by atoms with Gasteiger partial charge in [-0.25, -0.2) is 8.78 Å². The topological polar surface area (TPSA) is 64.2 Å². The number of rotatable bonds is 6. The van der Waals surface area contributed by atoms with Crippen LogP contribution in [0.15, 0.2) is 65.6 Å². The van der Waals surface area contributed by atoms with Crippen molar-refractivity contribution in [2.75, 3.05) is 0 Å². The van der Waals surface area contributed by atoms with Crippen LogP contribution in [-0.2, 0) is 24.3 Å². The van der Waals surface area contributed by atoms with Gasteiger partial charge in [0.25, 0.3) is 5.56 Å². The van der Waals surface area contributed by atoms with E-state index < -0.39 is 17.6 Å². The number of benzene rings is 2. The highest BCUT2D eigenvalue weighted by atomic mass is 19.1. The number of carboxylic acid groups (broad SMARTS) is 1. The molecule has 7 heteroatoms. The van der Waals surface area contributed by atoms with Gasteiger partial charge in [0.05, 0.1) is 6.54 Å². The molecule has 4 aromatic rings. The zero-order valence-corrected chi connectivity index (χ0v) is 16.8. The molecule has 0 saturated carbocycles. The molecule has 0 aliphatic heterocycles. The molecule has 0 aliphatic carbocycles. The van der Waals surface area contributed by atoms with E-state index in [1.807, 2.05) is 31.2 Å². The Kier molecular flexibility index (Phi) is 5.42. The van der Waals surface area contributed by atoms with E-state index in [1.54, 1.807) is 16.8 Å². The van der Waals surface area contributed by atoms with Gasteiger partial charge in [0, 0.05) is 46.9 Å². The summed E-state index contributed by atoms with van der Waals surface area (Å²) < 4.78 is 30.4. The van der Waals surface area contributed by atoms with Crippen LogP contribution in [0.25, 0.3) is 10.9 Å². The average Bonchev–Trinajstić information content (AvgIpc) is 2.98. The summed E-state index contributed by atoms with van der Waals surface area (Å²) in [6.07, 6.45) is 2.14. The molecule has 2 aromatic heterocycles. The molecule has 0 bridgehead atoms. The first-order valence-electron chi connectivity index (χ1n) is 9.75. The molecule has 0 aliphatic rings. The van der Waals surface area contributed by atoms with Crippen molar-refractivity contribution in [2.24, 2.45) is 0 Å². The number of hydrogen-bond donors (Lipinski definition) is 1. The number of para-hydroxylation sites is 1. The molecule has 1 N–H and O–H groups in total. The number of pyridine rings is 1. The lowest BCUT2D eigenvalue weighted by Crippen LogP contribution is -2.20. The number of aromatic nitrogens is 2. The largest absolute Gasteiger partial charge is 0.480 e. The standard InChI is InChI=1S/C24H20F2N2O3/c1-15-20(19-4-2-3-5-22(19)28(15)14-24(30)31)10-16-6-9-23(29)27(12-16)13-17-7-8-18(25)11-21(17)26/h2-9,11-12H,10,13-14H2,1H3,(H,30,31). The van der Waals surface area contributed by atoms with Crippen LogP contribution in [-0.4, -0.2) is 20.2 Å². The maximum absolute atomic E-state index is 14.0. The maximum Gasteiger partial charge on any atom is 0.323 e. The molecule has 4 rings (SSSR count). The van der Waals surface area contributed by atoms with E-state index in [-0.39, 0.29) is 24.2 Å². The van der Waals surface area contributed by atoms with Gasteiger partial charge in [0.2, 0.25) is 0 Å². The zero-order chi connectivity index (χ0) is 22.1. The van der Waals surface area contributed by atoms with Crippen molar-refractivity contribution in [1.29, 1.82) is 0 Å². The maximum atomic E-state index is 14.0. The monoisotopic (exact) mass is 422 g/mol. The number of fused-ring (bicyclic) bond motifs is 1. The Balaban J connectivity index is 1.71. The molecule has 0 spiro atoms. The van der Waals surface area contributed by atoms with Crippen molar-refractivity contribution in [3.8, 4) is 0 Å². The Morgan fingerprint density at radius 1 is 1.06 bits per heavy atom. The molecule has 0 amide bonds. The molecule has 158 valence electrons. The van der Waals surface area contributed by atoms with E-state index in [1.165, 1.54) is 16.7 Å². The molecule has 5 nitrogen and oxygen atoms in total. The summed E-state index contributed by atoms with van der Waals surface area (Å²) in [5.41, 5.74) is 3.39. The highest BCUT2D eigenvalue weighted by molar-refractivity contribution is 5.87. The normalized spacial score (nSPS) is 11.2. The summed E-state index contributed by atoms with van der Waals surface area (Å²) in [5.74, 6) is -2.30. The Bertz CT molecular complexity index is 1350. The van der Waals surface area contributed by atoms with Crippen LogP contribution in [0.2, 0.25) is 0 Å². The summed E-state index contributed by atoms with van der Waals surface area (Å²) >= 11 is 0. The van der Waals surface area contributed by atoms with Crippen LogP contribution in [0.5, 0.6) is 0 Å². The summed E-state index contributed by atoms with van der Waals surface area (Å²) in [7, 11) is 0. The second kappa shape index (κ2) is 8.18. The van der Waals surface area contributed by atoms with Gasteiger partial charge < -0.3 is 14.2 Å². The van der Waals surface area contributed by atoms with Crippen LogP contribution in [0.4, 0.5) is 8.78 Å². The molecule has 0 fully saturated rings. The van der Waals surface area contributed by atoms with E-state index in [0.29, 0.717) is 6.42 Å². The van der Waals surface area contributed by atoms with Gasteiger partial charge in [-0.3, -0.25) is 9.59 Å². The minimum atomic E-state index is -0.926. The van der Waals surface area contributed by atoms with E-state index in [2.05, 4.69) is 0 Å². The van der Waals surface area contributed by atoms with Crippen molar-refractivity contribution in [2.45, 2.75) is 26.4 Å². The molecule has 2 heterocycles. The first-order valence-corrected chi connectivity index (χ1v) is 9.75. The van der Waals surface area contributed by atoms with Gasteiger partial charge in [0.1, 0.15) is 18.2 Å². The van der Waals surface area contributed by atoms with Crippen LogP contribution >= 0.6 is 0 Å². The Morgan fingerprint density at radius 2 is 1.84 bits per heavy atom. The summed E-state index contributed by atoms with van der Waals surface area (Å²) in [6, 6.07) is 14.0. The molecule has 0 saturated heterocycles. The quantitative estimate of drug-likeness (QED) is 0.509. The van der Waals surface area contributed by atoms with Gasteiger partial charge in [-0.15, -0.1) is 0 Å². The molecule has 0 atom stereocenters. The lowest BCUT2D eigenvalue weighted by atomic mass is 10.0. The van der Waals surface area contributed by atoms with Crippen LogP contribution in [0.3, 0.4) is 0 Å². The number of halogens is 2. The predicted octanol–water partition coefficient (Wildman–Crippen LogP) is 4.11. The fourth-order valence-corrected chi connectivity index (χ4v) is 3.91. The number of carboxylic acids is 1. The van der Waals surface area contributed by atoms with E-state index in [0.717, 1.165) is 39.9 Å². The van der Waals surface area contributed by atoms with Gasteiger partial charge in [0.15, 0.2) is 0 Å². The minimum absolute atomic E-state index is 0.0153. The molecule has 0 radical (unpaired) electrons. The summed E-state index contributed by atoms with van der Waals surface area (Å²) in [4.78, 5) is 23.6. The number of hydrogen-bond acceptors (Lipinski definition) is 2. The number of nitrogens with zero attached hydrogens (tertiary/aromatic N) is 2. The Hall–Kier alpha value is -3.74. The minimum Gasteiger partial charge on any atom is -0.480 e. The van der Waals surface area contributed by atoms with E-state index >= 15 is 0 Å². The summed E-state index contributed by atoms with van der Waals surface area (Å²) in [5, 5.41) is 10.2. The van der Waals surface area contributed by atoms with Crippen LogP contribution in [0, 0.1) is 18.6 Å². The smallest absolute Gasteiger partial charge is 0.323 e. The Labute approximate surface area is 176 Å². The third kappa shape index (κ3) is 4.12. The van der Waals surface area contributed by atoms with Gasteiger partial charge in [-0.1, -0.05) is 30.3 Å². The van der Waals surface area contributed by atoms with Crippen molar-refractivity contribution in [1.82, 2.24) is 9.13 Å². The van der Waals surface area contributed by atoms with Crippen LogP contribution < -0.4 is 5.56 Å². The molecular weight excluding hydrogens is 402 g/mol. The highest BCUT2D eigenvalue weighted by Gasteiger charge is 2.16. The molecule has 2 aromatic carbocycles. The molecular formula is C24H20F2N2O3. The molecule has 0 unspecified atom stereocenters. The fourth-order valence-electron chi connectivity index (χ4n) is 3.91. The third-order valence-electron chi connectivity index (χ3n) is 5.44. The third-order valence-corrected chi connectivity index (χ3v) is 5.44. The van der Waals surface area contributed by atoms with E-state index in [4.69, 9.17) is 0 Å². The predicted molar refractivity (Wildman–Crippen MR) is 113 cm³/mol. The number of carbonyl (C=O) groups is 1. The second-order valence-corrected chi connectivity index (χ2v) is 7.48. The fraction of sp³-hybridized carbons (Fsp3) is 0.167. The van der Waals surface area contributed by atoms with Gasteiger partial charge in [-0.2, -0.15) is 0 Å². The van der Waals surface area contributed by atoms with Crippen molar-refractivity contribution in [3.63, 3.8) is 0 Å². The zero-order valence-electron chi connectivity index (χ0n) is 16.8. The van der Waals surface area contributed by atoms with Crippen molar-refractivity contribution >= 4 is 16.9 Å². The first-order chi connectivity index (χ1) is 14.8. The average molecular weight is 422 g/mol. The summed E-state index contributed by atoms with van der Waals surface area (Å²) in [6.45, 7) is 1.72. The lowest BCUT2D eigenvalue weighted by Gasteiger charge is -2.10. The first kappa shape index (κ1) is 20.5. The van der Waals surface area contributed by atoms with Crippen LogP contribution in [0.1, 0.15) is 22.4 Å². The lowest BCUT2D eigenvalue weighted by molar-refractivity contribution is -0.137. The molecule has 31 heavy (non-hydrogen) atoms. The second-order valence-electron chi connectivity index (χ2n) is 7.48. The van der Waals surface area contributed by atoms with E-state index in [9.17, 15) is 23.5 Å². The number of aliphatic carboxylic acids is 1. The van der Waals surface area contributed by atoms with Crippen molar-refractivity contribution in [3.05, 3.63) is 105 Å². The van der Waals surface area contributed by atoms with Crippen molar-refractivity contribution < 1.29 is 18.7 Å². The van der Waals surface area contributed by atoms with Gasteiger partial charge in [-0.05, 0) is 30.2 Å². The SMILES string of the molecule is Cc1c(Cc2ccc(=O)n(Cc3ccc(F)cc3F)c2)c2ccccc2n1CC(=O)O. The Morgan fingerprint density at radius 3 is 2.58 bits per heavy atom. The van der Waals surface area contributed by atoms with Gasteiger partial charge >= 0.3 is 5.97 Å². The highest BCUT2D eigenvalue weighted by Crippen LogP contribution is 2.28.